The number of nitrogens with two attached hydrogens (primary N) is 1. The molecule has 1 aliphatic rings. The van der Waals surface area contributed by atoms with Crippen LogP contribution in [0.1, 0.15) is 57.2 Å². The van der Waals surface area contributed by atoms with Crippen LogP contribution in [-0.2, 0) is 10.2 Å². The standard InChI is InChI=1S/C24H33N3O/c1-24(2,3)19-9-11-21(12-10-19)27-15-13-20(14-16-27)26-23(28)17-22(25)18-7-5-4-6-8-18/h4-12,20,22H,13-17,25H2,1-3H3,(H,26,28). The van der Waals surface area contributed by atoms with Crippen molar-refractivity contribution in [2.45, 2.75) is 57.5 Å². The highest BCUT2D eigenvalue weighted by molar-refractivity contribution is 5.77. The lowest BCUT2D eigenvalue weighted by molar-refractivity contribution is -0.122. The molecular weight excluding hydrogens is 346 g/mol. The summed E-state index contributed by atoms with van der Waals surface area (Å²) < 4.78 is 0. The van der Waals surface area contributed by atoms with Crippen LogP contribution in [0.2, 0.25) is 0 Å². The Hall–Kier alpha value is -2.33. The molecule has 1 amide bonds. The molecule has 0 radical (unpaired) electrons. The maximum atomic E-state index is 12.4. The van der Waals surface area contributed by atoms with E-state index in [-0.39, 0.29) is 23.4 Å². The molecule has 0 aliphatic carbocycles. The van der Waals surface area contributed by atoms with Crippen LogP contribution in [0.25, 0.3) is 0 Å². The molecule has 28 heavy (non-hydrogen) atoms. The molecular formula is C24H33N3O. The van der Waals surface area contributed by atoms with Gasteiger partial charge in [-0.15, -0.1) is 0 Å². The van der Waals surface area contributed by atoms with Gasteiger partial charge in [-0.1, -0.05) is 63.2 Å². The summed E-state index contributed by atoms with van der Waals surface area (Å²) in [6.07, 6.45) is 2.26. The third-order valence-corrected chi connectivity index (χ3v) is 5.59. The fourth-order valence-electron chi connectivity index (χ4n) is 3.76. The number of nitrogens with one attached hydrogen (secondary N) is 1. The molecule has 4 nitrogen and oxygen atoms in total. The number of rotatable bonds is 5. The molecule has 1 fully saturated rings. The predicted octanol–water partition coefficient (Wildman–Crippen LogP) is 4.16. The van der Waals surface area contributed by atoms with Crippen molar-refractivity contribution in [3.63, 3.8) is 0 Å². The molecule has 1 aliphatic heterocycles. The lowest BCUT2D eigenvalue weighted by Crippen LogP contribution is -2.45. The number of nitrogens with zero attached hydrogens (tertiary/aromatic N) is 1. The minimum Gasteiger partial charge on any atom is -0.371 e. The van der Waals surface area contributed by atoms with Gasteiger partial charge in [0.15, 0.2) is 0 Å². The minimum atomic E-state index is -0.248. The van der Waals surface area contributed by atoms with Crippen molar-refractivity contribution in [1.82, 2.24) is 5.32 Å². The highest BCUT2D eigenvalue weighted by atomic mass is 16.1. The van der Waals surface area contributed by atoms with E-state index in [4.69, 9.17) is 5.73 Å². The third-order valence-electron chi connectivity index (χ3n) is 5.59. The van der Waals surface area contributed by atoms with Crippen LogP contribution in [0.4, 0.5) is 5.69 Å². The van der Waals surface area contributed by atoms with E-state index in [0.29, 0.717) is 6.42 Å². The number of amides is 1. The van der Waals surface area contributed by atoms with E-state index in [1.807, 2.05) is 30.3 Å². The van der Waals surface area contributed by atoms with Gasteiger partial charge in [-0.2, -0.15) is 0 Å². The van der Waals surface area contributed by atoms with Gasteiger partial charge in [0.25, 0.3) is 0 Å². The van der Waals surface area contributed by atoms with Crippen LogP contribution >= 0.6 is 0 Å². The van der Waals surface area contributed by atoms with Gasteiger partial charge in [-0.05, 0) is 41.5 Å². The first-order valence-electron chi connectivity index (χ1n) is 10.3. The summed E-state index contributed by atoms with van der Waals surface area (Å²) in [6, 6.07) is 18.7. The van der Waals surface area contributed by atoms with Gasteiger partial charge >= 0.3 is 0 Å². The van der Waals surface area contributed by atoms with Gasteiger partial charge < -0.3 is 16.0 Å². The van der Waals surface area contributed by atoms with Gasteiger partial charge in [0.05, 0.1) is 0 Å². The summed E-state index contributed by atoms with van der Waals surface area (Å²) in [5.41, 5.74) is 9.98. The fraction of sp³-hybridized carbons (Fsp3) is 0.458. The van der Waals surface area contributed by atoms with Crippen molar-refractivity contribution in [3.8, 4) is 0 Å². The molecule has 1 atom stereocenters. The van der Waals surface area contributed by atoms with E-state index >= 15 is 0 Å². The van der Waals surface area contributed by atoms with E-state index in [2.05, 4.69) is 55.3 Å². The second kappa shape index (κ2) is 8.78. The van der Waals surface area contributed by atoms with Gasteiger partial charge in [0, 0.05) is 37.3 Å². The molecule has 1 unspecified atom stereocenters. The number of hydrogen-bond donors (Lipinski definition) is 2. The number of benzene rings is 2. The van der Waals surface area contributed by atoms with Crippen molar-refractivity contribution in [1.29, 1.82) is 0 Å². The largest absolute Gasteiger partial charge is 0.371 e. The maximum Gasteiger partial charge on any atom is 0.222 e. The highest BCUT2D eigenvalue weighted by Gasteiger charge is 2.22. The molecule has 0 spiro atoms. The summed E-state index contributed by atoms with van der Waals surface area (Å²) in [7, 11) is 0. The van der Waals surface area contributed by atoms with E-state index in [1.54, 1.807) is 0 Å². The van der Waals surface area contributed by atoms with Crippen molar-refractivity contribution in [3.05, 3.63) is 65.7 Å². The molecule has 2 aromatic rings. The van der Waals surface area contributed by atoms with Crippen molar-refractivity contribution in [2.75, 3.05) is 18.0 Å². The fourth-order valence-corrected chi connectivity index (χ4v) is 3.76. The Morgan fingerprint density at radius 3 is 2.25 bits per heavy atom. The van der Waals surface area contributed by atoms with E-state index in [1.165, 1.54) is 11.3 Å². The van der Waals surface area contributed by atoms with E-state index in [9.17, 15) is 4.79 Å². The average Bonchev–Trinajstić information content (AvgIpc) is 2.68. The number of carbonyl (C=O) groups excluding carboxylic acids is 1. The zero-order valence-electron chi connectivity index (χ0n) is 17.3. The molecule has 4 heteroatoms. The molecule has 3 N–H and O–H groups in total. The second-order valence-electron chi connectivity index (χ2n) is 8.85. The first-order valence-corrected chi connectivity index (χ1v) is 10.3. The Morgan fingerprint density at radius 2 is 1.68 bits per heavy atom. The zero-order valence-corrected chi connectivity index (χ0v) is 17.3. The first kappa shape index (κ1) is 20.4. The Labute approximate surface area is 169 Å². The van der Waals surface area contributed by atoms with E-state index in [0.717, 1.165) is 31.5 Å². The summed E-state index contributed by atoms with van der Waals surface area (Å²) in [5, 5.41) is 3.17. The Morgan fingerprint density at radius 1 is 1.07 bits per heavy atom. The molecule has 1 heterocycles. The molecule has 0 saturated carbocycles. The average molecular weight is 380 g/mol. The van der Waals surface area contributed by atoms with Crippen LogP contribution < -0.4 is 16.0 Å². The van der Waals surface area contributed by atoms with Gasteiger partial charge in [-0.3, -0.25) is 4.79 Å². The smallest absolute Gasteiger partial charge is 0.222 e. The van der Waals surface area contributed by atoms with Crippen LogP contribution in [0.5, 0.6) is 0 Å². The number of anilines is 1. The van der Waals surface area contributed by atoms with E-state index < -0.39 is 0 Å². The maximum absolute atomic E-state index is 12.4. The van der Waals surface area contributed by atoms with Crippen molar-refractivity contribution >= 4 is 11.6 Å². The molecule has 2 aromatic carbocycles. The van der Waals surface area contributed by atoms with Gasteiger partial charge in [-0.25, -0.2) is 0 Å². The molecule has 0 aromatic heterocycles. The Balaban J connectivity index is 1.47. The van der Waals surface area contributed by atoms with Crippen LogP contribution in [0.15, 0.2) is 54.6 Å². The van der Waals surface area contributed by atoms with Gasteiger partial charge in [0.2, 0.25) is 5.91 Å². The van der Waals surface area contributed by atoms with Crippen molar-refractivity contribution in [2.24, 2.45) is 5.73 Å². The van der Waals surface area contributed by atoms with Crippen LogP contribution in [0, 0.1) is 0 Å². The van der Waals surface area contributed by atoms with Gasteiger partial charge in [0.1, 0.15) is 0 Å². The third kappa shape index (κ3) is 5.35. The Bertz CT molecular complexity index is 757. The summed E-state index contributed by atoms with van der Waals surface area (Å²) >= 11 is 0. The number of carbonyl (C=O) groups is 1. The second-order valence-corrected chi connectivity index (χ2v) is 8.85. The highest BCUT2D eigenvalue weighted by Crippen LogP contribution is 2.26. The summed E-state index contributed by atoms with van der Waals surface area (Å²) in [6.45, 7) is 8.63. The van der Waals surface area contributed by atoms with Crippen LogP contribution in [-0.4, -0.2) is 25.0 Å². The zero-order chi connectivity index (χ0) is 20.1. The van der Waals surface area contributed by atoms with Crippen molar-refractivity contribution < 1.29 is 4.79 Å². The molecule has 1 saturated heterocycles. The minimum absolute atomic E-state index is 0.0457. The monoisotopic (exact) mass is 379 g/mol. The first-order chi connectivity index (χ1) is 13.3. The lowest BCUT2D eigenvalue weighted by Gasteiger charge is -2.34. The topological polar surface area (TPSA) is 58.4 Å². The SMILES string of the molecule is CC(C)(C)c1ccc(N2CCC(NC(=O)CC(N)c3ccccc3)CC2)cc1. The lowest BCUT2D eigenvalue weighted by atomic mass is 9.87. The summed E-state index contributed by atoms with van der Waals surface area (Å²) in [4.78, 5) is 14.8. The number of hydrogen-bond acceptors (Lipinski definition) is 3. The normalized spacial score (nSPS) is 16.6. The Kier molecular flexibility index (Phi) is 6.40. The molecule has 3 rings (SSSR count). The van der Waals surface area contributed by atoms with Crippen LogP contribution in [0.3, 0.4) is 0 Å². The number of piperidine rings is 1. The quantitative estimate of drug-likeness (QED) is 0.820. The predicted molar refractivity (Wildman–Crippen MR) is 117 cm³/mol. The molecule has 150 valence electrons. The molecule has 0 bridgehead atoms. The summed E-state index contributed by atoms with van der Waals surface area (Å²) in [5.74, 6) is 0.0457.